The summed E-state index contributed by atoms with van der Waals surface area (Å²) >= 11 is 0. The molecule has 1 N–H and O–H groups in total. The molecule has 1 fully saturated rings. The number of carbonyl (C=O) groups excluding carboxylic acids is 1. The molecule has 6 heteroatoms. The second-order valence-corrected chi connectivity index (χ2v) is 4.45. The number of nitrogens with zero attached hydrogens (tertiary/aromatic N) is 4. The standard InChI is InChI=1S/C12H19N5O/c1-16(8-9-17-6-4-13-5-7-17)12(18)11-2-3-14-15-10-11/h2-3,10,13H,4-9H2,1H3. The van der Waals surface area contributed by atoms with Crippen molar-refractivity contribution in [1.29, 1.82) is 0 Å². The minimum atomic E-state index is 0.0000319. The van der Waals surface area contributed by atoms with E-state index in [1.165, 1.54) is 12.4 Å². The van der Waals surface area contributed by atoms with Gasteiger partial charge in [-0.3, -0.25) is 9.69 Å². The lowest BCUT2D eigenvalue weighted by Crippen LogP contribution is -2.46. The monoisotopic (exact) mass is 249 g/mol. The van der Waals surface area contributed by atoms with Gasteiger partial charge in [0, 0.05) is 46.3 Å². The van der Waals surface area contributed by atoms with Gasteiger partial charge in [-0.1, -0.05) is 0 Å². The van der Waals surface area contributed by atoms with Crippen LogP contribution in [0.2, 0.25) is 0 Å². The maximum atomic E-state index is 12.0. The summed E-state index contributed by atoms with van der Waals surface area (Å²) in [6.07, 6.45) is 3.04. The van der Waals surface area contributed by atoms with Crippen LogP contribution in [0.4, 0.5) is 0 Å². The van der Waals surface area contributed by atoms with Gasteiger partial charge in [0.2, 0.25) is 0 Å². The summed E-state index contributed by atoms with van der Waals surface area (Å²) in [5.74, 6) is 0.0000319. The summed E-state index contributed by atoms with van der Waals surface area (Å²) in [7, 11) is 1.82. The Labute approximate surface area is 107 Å². The van der Waals surface area contributed by atoms with Crippen LogP contribution >= 0.6 is 0 Å². The number of rotatable bonds is 4. The average molecular weight is 249 g/mol. The number of nitrogens with one attached hydrogen (secondary N) is 1. The lowest BCUT2D eigenvalue weighted by atomic mass is 10.2. The Morgan fingerprint density at radius 1 is 1.44 bits per heavy atom. The molecule has 0 spiro atoms. The third-order valence-corrected chi connectivity index (χ3v) is 3.14. The van der Waals surface area contributed by atoms with Crippen LogP contribution in [0.15, 0.2) is 18.5 Å². The fourth-order valence-corrected chi connectivity index (χ4v) is 1.97. The van der Waals surface area contributed by atoms with Crippen molar-refractivity contribution in [2.45, 2.75) is 0 Å². The lowest BCUT2D eigenvalue weighted by Gasteiger charge is -2.29. The lowest BCUT2D eigenvalue weighted by molar-refractivity contribution is 0.0774. The minimum Gasteiger partial charge on any atom is -0.340 e. The number of likely N-dealkylation sites (N-methyl/N-ethyl adjacent to an activating group) is 1. The number of piperazine rings is 1. The molecule has 18 heavy (non-hydrogen) atoms. The smallest absolute Gasteiger partial charge is 0.255 e. The van der Waals surface area contributed by atoms with Crippen molar-refractivity contribution in [2.75, 3.05) is 46.3 Å². The molecule has 2 heterocycles. The predicted octanol–water partition coefficient (Wildman–Crippen LogP) is -0.546. The van der Waals surface area contributed by atoms with Gasteiger partial charge in [0.1, 0.15) is 0 Å². The minimum absolute atomic E-state index is 0.0000319. The van der Waals surface area contributed by atoms with Crippen molar-refractivity contribution >= 4 is 5.91 Å². The van der Waals surface area contributed by atoms with Crippen molar-refractivity contribution in [3.8, 4) is 0 Å². The van der Waals surface area contributed by atoms with Crippen LogP contribution in [0, 0.1) is 0 Å². The summed E-state index contributed by atoms with van der Waals surface area (Å²) in [5.41, 5.74) is 0.591. The molecule has 1 aliphatic heterocycles. The van der Waals surface area contributed by atoms with Crippen LogP contribution < -0.4 is 5.32 Å². The number of carbonyl (C=O) groups is 1. The molecule has 1 amide bonds. The van der Waals surface area contributed by atoms with Crippen LogP contribution in [0.5, 0.6) is 0 Å². The molecule has 1 saturated heterocycles. The Kier molecular flexibility index (Phi) is 4.60. The number of amides is 1. The molecule has 1 aromatic rings. The zero-order valence-electron chi connectivity index (χ0n) is 10.7. The Morgan fingerprint density at radius 2 is 2.22 bits per heavy atom. The Bertz CT molecular complexity index is 377. The Balaban J connectivity index is 1.80. The van der Waals surface area contributed by atoms with Crippen molar-refractivity contribution in [1.82, 2.24) is 25.3 Å². The molecule has 0 atom stereocenters. The molecule has 1 aromatic heterocycles. The van der Waals surface area contributed by atoms with E-state index in [2.05, 4.69) is 20.4 Å². The molecule has 0 aromatic carbocycles. The van der Waals surface area contributed by atoms with Crippen molar-refractivity contribution in [2.24, 2.45) is 0 Å². The highest BCUT2D eigenvalue weighted by atomic mass is 16.2. The second kappa shape index (κ2) is 6.42. The maximum Gasteiger partial charge on any atom is 0.255 e. The van der Waals surface area contributed by atoms with E-state index in [-0.39, 0.29) is 5.91 Å². The largest absolute Gasteiger partial charge is 0.340 e. The maximum absolute atomic E-state index is 12.0. The van der Waals surface area contributed by atoms with Crippen LogP contribution in [-0.4, -0.2) is 72.2 Å². The summed E-state index contributed by atoms with van der Waals surface area (Å²) < 4.78 is 0. The van der Waals surface area contributed by atoms with E-state index >= 15 is 0 Å². The molecule has 0 radical (unpaired) electrons. The summed E-state index contributed by atoms with van der Waals surface area (Å²) in [6.45, 7) is 5.83. The molecule has 0 bridgehead atoms. The molecule has 98 valence electrons. The fourth-order valence-electron chi connectivity index (χ4n) is 1.97. The zero-order valence-corrected chi connectivity index (χ0v) is 10.7. The van der Waals surface area contributed by atoms with Gasteiger partial charge >= 0.3 is 0 Å². The zero-order chi connectivity index (χ0) is 12.8. The van der Waals surface area contributed by atoms with E-state index in [9.17, 15) is 4.79 Å². The van der Waals surface area contributed by atoms with Crippen molar-refractivity contribution < 1.29 is 4.79 Å². The van der Waals surface area contributed by atoms with Crippen molar-refractivity contribution in [3.05, 3.63) is 24.0 Å². The summed E-state index contributed by atoms with van der Waals surface area (Å²) in [4.78, 5) is 16.1. The number of aromatic nitrogens is 2. The quantitative estimate of drug-likeness (QED) is 0.776. The van der Waals surface area contributed by atoms with Gasteiger partial charge in [0.05, 0.1) is 18.0 Å². The number of hydrogen-bond donors (Lipinski definition) is 1. The van der Waals surface area contributed by atoms with E-state index in [1.807, 2.05) is 7.05 Å². The summed E-state index contributed by atoms with van der Waals surface area (Å²) in [6, 6.07) is 1.69. The SMILES string of the molecule is CN(CCN1CCNCC1)C(=O)c1ccnnc1. The molecule has 0 unspecified atom stereocenters. The van der Waals surface area contributed by atoms with E-state index in [0.29, 0.717) is 5.56 Å². The highest BCUT2D eigenvalue weighted by Gasteiger charge is 2.14. The molecule has 0 saturated carbocycles. The molecule has 2 rings (SSSR count). The first kappa shape index (κ1) is 12.9. The van der Waals surface area contributed by atoms with Crippen LogP contribution in [-0.2, 0) is 0 Å². The van der Waals surface area contributed by atoms with E-state index in [1.54, 1.807) is 11.0 Å². The van der Waals surface area contributed by atoms with Gasteiger partial charge < -0.3 is 10.2 Å². The van der Waals surface area contributed by atoms with E-state index in [4.69, 9.17) is 0 Å². The first-order chi connectivity index (χ1) is 8.77. The highest BCUT2D eigenvalue weighted by Crippen LogP contribution is 2.01. The molecule has 1 aliphatic rings. The van der Waals surface area contributed by atoms with Gasteiger partial charge in [-0.05, 0) is 6.07 Å². The van der Waals surface area contributed by atoms with E-state index < -0.39 is 0 Å². The van der Waals surface area contributed by atoms with Gasteiger partial charge in [-0.2, -0.15) is 10.2 Å². The first-order valence-electron chi connectivity index (χ1n) is 6.22. The highest BCUT2D eigenvalue weighted by molar-refractivity contribution is 5.93. The first-order valence-corrected chi connectivity index (χ1v) is 6.22. The molecular formula is C12H19N5O. The third kappa shape index (κ3) is 3.48. The average Bonchev–Trinajstić information content (AvgIpc) is 2.46. The predicted molar refractivity (Wildman–Crippen MR) is 68.3 cm³/mol. The topological polar surface area (TPSA) is 61.4 Å². The Morgan fingerprint density at radius 3 is 2.89 bits per heavy atom. The van der Waals surface area contributed by atoms with Gasteiger partial charge in [0.15, 0.2) is 0 Å². The van der Waals surface area contributed by atoms with Crippen LogP contribution in [0.3, 0.4) is 0 Å². The molecular weight excluding hydrogens is 230 g/mol. The van der Waals surface area contributed by atoms with Gasteiger partial charge in [-0.15, -0.1) is 0 Å². The van der Waals surface area contributed by atoms with Crippen molar-refractivity contribution in [3.63, 3.8) is 0 Å². The second-order valence-electron chi connectivity index (χ2n) is 4.45. The molecule has 0 aliphatic carbocycles. The Hall–Kier alpha value is -1.53. The third-order valence-electron chi connectivity index (χ3n) is 3.14. The van der Waals surface area contributed by atoms with E-state index in [0.717, 1.165) is 39.3 Å². The fraction of sp³-hybridized carbons (Fsp3) is 0.583. The molecule has 6 nitrogen and oxygen atoms in total. The van der Waals surface area contributed by atoms with Gasteiger partial charge in [0.25, 0.3) is 5.91 Å². The summed E-state index contributed by atoms with van der Waals surface area (Å²) in [5, 5.41) is 10.7. The van der Waals surface area contributed by atoms with Crippen LogP contribution in [0.1, 0.15) is 10.4 Å². The van der Waals surface area contributed by atoms with Gasteiger partial charge in [-0.25, -0.2) is 0 Å². The number of hydrogen-bond acceptors (Lipinski definition) is 5. The normalized spacial score (nSPS) is 16.5. The van der Waals surface area contributed by atoms with Crippen LogP contribution in [0.25, 0.3) is 0 Å².